The molecule has 2 aromatic rings. The van der Waals surface area contributed by atoms with Crippen LogP contribution in [0, 0.1) is 11.3 Å². The number of aromatic nitrogens is 2. The highest BCUT2D eigenvalue weighted by Crippen LogP contribution is 2.19. The molecule has 2 N–H and O–H groups in total. The van der Waals surface area contributed by atoms with Gasteiger partial charge in [-0.3, -0.25) is 9.59 Å². The number of nitrogens with zero attached hydrogens (tertiary/aromatic N) is 3. The Balaban J connectivity index is 0.00000338. The molecule has 144 valence electrons. The Morgan fingerprint density at radius 1 is 1.27 bits per heavy atom. The van der Waals surface area contributed by atoms with E-state index in [2.05, 4.69) is 5.10 Å². The lowest BCUT2D eigenvalue weighted by molar-refractivity contribution is 0.0734. The summed E-state index contributed by atoms with van der Waals surface area (Å²) in [5, 5.41) is 5.51. The molecule has 0 saturated heterocycles. The molecule has 1 heterocycles. The van der Waals surface area contributed by atoms with Gasteiger partial charge in [0.05, 0.1) is 5.39 Å². The van der Waals surface area contributed by atoms with Crippen molar-refractivity contribution in [1.29, 1.82) is 0 Å². The third-order valence-corrected chi connectivity index (χ3v) is 4.17. The van der Waals surface area contributed by atoms with Gasteiger partial charge >= 0.3 is 0 Å². The number of benzene rings is 1. The van der Waals surface area contributed by atoms with Crippen LogP contribution in [0.1, 0.15) is 38.2 Å². The Morgan fingerprint density at radius 3 is 2.38 bits per heavy atom. The highest BCUT2D eigenvalue weighted by atomic mass is 35.5. The Hall–Kier alpha value is -1.92. The minimum Gasteiger partial charge on any atom is -0.340 e. The van der Waals surface area contributed by atoms with E-state index in [1.807, 2.05) is 33.8 Å². The summed E-state index contributed by atoms with van der Waals surface area (Å²) in [6.45, 7) is 9.53. The van der Waals surface area contributed by atoms with Gasteiger partial charge in [-0.15, -0.1) is 12.4 Å². The molecule has 0 radical (unpaired) electrons. The van der Waals surface area contributed by atoms with E-state index in [0.29, 0.717) is 36.1 Å². The summed E-state index contributed by atoms with van der Waals surface area (Å²) in [7, 11) is 1.74. The van der Waals surface area contributed by atoms with Crippen molar-refractivity contribution in [3.63, 3.8) is 0 Å². The van der Waals surface area contributed by atoms with E-state index in [9.17, 15) is 9.59 Å². The summed E-state index contributed by atoms with van der Waals surface area (Å²) < 4.78 is 1.40. The SMILES string of the molecule is CC(C)Cn1nc(C(=O)N(C)CC(C)(C)CN)c2ccccc2c1=O.Cl. The van der Waals surface area contributed by atoms with Gasteiger partial charge in [0.1, 0.15) is 0 Å². The molecule has 1 aromatic carbocycles. The molecule has 0 atom stereocenters. The van der Waals surface area contributed by atoms with Crippen molar-refractivity contribution in [2.75, 3.05) is 20.1 Å². The lowest BCUT2D eigenvalue weighted by atomic mass is 9.93. The Morgan fingerprint density at radius 2 is 1.85 bits per heavy atom. The first-order valence-electron chi connectivity index (χ1n) is 8.61. The van der Waals surface area contributed by atoms with Crippen LogP contribution < -0.4 is 11.3 Å². The zero-order chi connectivity index (χ0) is 18.8. The van der Waals surface area contributed by atoms with Crippen LogP contribution in [0.15, 0.2) is 29.1 Å². The van der Waals surface area contributed by atoms with Crippen molar-refractivity contribution in [3.05, 3.63) is 40.3 Å². The van der Waals surface area contributed by atoms with Crippen LogP contribution in [0.5, 0.6) is 0 Å². The van der Waals surface area contributed by atoms with E-state index < -0.39 is 0 Å². The van der Waals surface area contributed by atoms with Crippen LogP contribution in [-0.2, 0) is 6.54 Å². The second kappa shape index (κ2) is 8.64. The number of fused-ring (bicyclic) bond motifs is 1. The third kappa shape index (κ3) is 4.83. The summed E-state index contributed by atoms with van der Waals surface area (Å²) in [6.07, 6.45) is 0. The van der Waals surface area contributed by atoms with Crippen molar-refractivity contribution in [2.45, 2.75) is 34.2 Å². The van der Waals surface area contributed by atoms with E-state index in [1.54, 1.807) is 30.1 Å². The number of hydrogen-bond acceptors (Lipinski definition) is 4. The van der Waals surface area contributed by atoms with Crippen LogP contribution >= 0.6 is 12.4 Å². The number of carbonyl (C=O) groups is 1. The molecule has 26 heavy (non-hydrogen) atoms. The van der Waals surface area contributed by atoms with Gasteiger partial charge in [-0.05, 0) is 23.9 Å². The highest BCUT2D eigenvalue weighted by Gasteiger charge is 2.25. The molecule has 0 bridgehead atoms. The normalized spacial score (nSPS) is 11.5. The Bertz CT molecular complexity index is 830. The highest BCUT2D eigenvalue weighted by molar-refractivity contribution is 6.04. The first kappa shape index (κ1) is 22.1. The minimum atomic E-state index is -0.199. The van der Waals surface area contributed by atoms with Gasteiger partial charge in [0.25, 0.3) is 11.5 Å². The van der Waals surface area contributed by atoms with Crippen molar-refractivity contribution < 1.29 is 4.79 Å². The number of rotatable bonds is 6. The molecule has 1 aromatic heterocycles. The molecule has 6 nitrogen and oxygen atoms in total. The maximum absolute atomic E-state index is 13.0. The molecular formula is C19H29ClN4O2. The lowest BCUT2D eigenvalue weighted by Gasteiger charge is -2.29. The average Bonchev–Trinajstić information content (AvgIpc) is 2.56. The molecule has 0 aliphatic carbocycles. The molecule has 0 unspecified atom stereocenters. The second-order valence-corrected chi connectivity index (χ2v) is 7.80. The predicted molar refractivity (Wildman–Crippen MR) is 108 cm³/mol. The number of nitrogens with two attached hydrogens (primary N) is 1. The van der Waals surface area contributed by atoms with E-state index >= 15 is 0 Å². The quantitative estimate of drug-likeness (QED) is 0.834. The predicted octanol–water partition coefficient (Wildman–Crippen LogP) is 2.53. The van der Waals surface area contributed by atoms with E-state index in [-0.39, 0.29) is 35.2 Å². The van der Waals surface area contributed by atoms with Gasteiger partial charge in [0.2, 0.25) is 0 Å². The van der Waals surface area contributed by atoms with Crippen LogP contribution in [0.25, 0.3) is 10.8 Å². The zero-order valence-corrected chi connectivity index (χ0v) is 17.0. The number of halogens is 1. The molecule has 0 fully saturated rings. The van der Waals surface area contributed by atoms with E-state index in [1.165, 1.54) is 4.68 Å². The fraction of sp³-hybridized carbons (Fsp3) is 0.526. The van der Waals surface area contributed by atoms with Crippen molar-refractivity contribution in [3.8, 4) is 0 Å². The van der Waals surface area contributed by atoms with Crippen LogP contribution in [0.3, 0.4) is 0 Å². The van der Waals surface area contributed by atoms with Crippen molar-refractivity contribution in [1.82, 2.24) is 14.7 Å². The van der Waals surface area contributed by atoms with Gasteiger partial charge in [-0.1, -0.05) is 45.9 Å². The molecule has 2 rings (SSSR count). The molecule has 0 aliphatic heterocycles. The topological polar surface area (TPSA) is 81.2 Å². The molecule has 1 amide bonds. The van der Waals surface area contributed by atoms with Gasteiger partial charge < -0.3 is 10.6 Å². The maximum atomic E-state index is 13.0. The molecule has 7 heteroatoms. The Kier molecular flexibility index (Phi) is 7.35. The smallest absolute Gasteiger partial charge is 0.274 e. The van der Waals surface area contributed by atoms with Crippen molar-refractivity contribution >= 4 is 29.1 Å². The molecule has 0 spiro atoms. The third-order valence-electron chi connectivity index (χ3n) is 4.17. The van der Waals surface area contributed by atoms with E-state index in [0.717, 1.165) is 0 Å². The molecular weight excluding hydrogens is 352 g/mol. The summed E-state index contributed by atoms with van der Waals surface area (Å²) in [6, 6.07) is 7.14. The standard InChI is InChI=1S/C19H28N4O2.ClH/c1-13(2)10-23-17(24)15-9-7-6-8-14(15)16(21-23)18(25)22(5)12-19(3,4)11-20;/h6-9,13H,10-12,20H2,1-5H3;1H. The summed E-state index contributed by atoms with van der Waals surface area (Å²) in [5.74, 6) is 0.0541. The summed E-state index contributed by atoms with van der Waals surface area (Å²) in [5.41, 5.74) is 5.75. The number of carbonyl (C=O) groups excluding carboxylic acids is 1. The second-order valence-electron chi connectivity index (χ2n) is 7.80. The van der Waals surface area contributed by atoms with Crippen LogP contribution in [0.2, 0.25) is 0 Å². The monoisotopic (exact) mass is 380 g/mol. The van der Waals surface area contributed by atoms with Gasteiger partial charge in [-0.25, -0.2) is 4.68 Å². The fourth-order valence-electron chi connectivity index (χ4n) is 2.82. The van der Waals surface area contributed by atoms with Gasteiger partial charge in [0, 0.05) is 25.5 Å². The average molecular weight is 381 g/mol. The minimum absolute atomic E-state index is 0. The van der Waals surface area contributed by atoms with Gasteiger partial charge in [0.15, 0.2) is 5.69 Å². The van der Waals surface area contributed by atoms with Crippen molar-refractivity contribution in [2.24, 2.45) is 17.1 Å². The van der Waals surface area contributed by atoms with Crippen LogP contribution in [0.4, 0.5) is 0 Å². The zero-order valence-electron chi connectivity index (χ0n) is 16.2. The fourth-order valence-corrected chi connectivity index (χ4v) is 2.82. The summed E-state index contributed by atoms with van der Waals surface area (Å²) >= 11 is 0. The maximum Gasteiger partial charge on any atom is 0.274 e. The Labute approximate surface area is 160 Å². The molecule has 0 saturated carbocycles. The lowest BCUT2D eigenvalue weighted by Crippen LogP contribution is -2.41. The number of hydrogen-bond donors (Lipinski definition) is 1. The van der Waals surface area contributed by atoms with Crippen LogP contribution in [-0.4, -0.2) is 40.7 Å². The molecule has 0 aliphatic rings. The largest absolute Gasteiger partial charge is 0.340 e. The number of amides is 1. The first-order valence-corrected chi connectivity index (χ1v) is 8.61. The summed E-state index contributed by atoms with van der Waals surface area (Å²) in [4.78, 5) is 27.3. The first-order chi connectivity index (χ1) is 11.7. The van der Waals surface area contributed by atoms with E-state index in [4.69, 9.17) is 5.73 Å². The van der Waals surface area contributed by atoms with Gasteiger partial charge in [-0.2, -0.15) is 5.10 Å².